The van der Waals surface area contributed by atoms with Crippen LogP contribution in [-0.4, -0.2) is 32.2 Å². The third kappa shape index (κ3) is 5.03. The van der Waals surface area contributed by atoms with Gasteiger partial charge >= 0.3 is 11.8 Å². The van der Waals surface area contributed by atoms with Crippen LogP contribution in [-0.2, 0) is 9.59 Å². The first-order valence-corrected chi connectivity index (χ1v) is 7.15. The van der Waals surface area contributed by atoms with Crippen LogP contribution in [0.5, 0.6) is 11.5 Å². The number of hydrogen-bond acceptors (Lipinski definition) is 5. The van der Waals surface area contributed by atoms with Crippen LogP contribution in [0, 0.1) is 5.82 Å². The number of hydrazone groups is 1. The summed E-state index contributed by atoms with van der Waals surface area (Å²) in [7, 11) is 3.02. The zero-order valence-electron chi connectivity index (χ0n) is 13.6. The van der Waals surface area contributed by atoms with Gasteiger partial charge in [0.25, 0.3) is 0 Å². The average Bonchev–Trinajstić information content (AvgIpc) is 2.63. The summed E-state index contributed by atoms with van der Waals surface area (Å²) >= 11 is 0. The van der Waals surface area contributed by atoms with Crippen LogP contribution < -0.4 is 20.2 Å². The van der Waals surface area contributed by atoms with Crippen molar-refractivity contribution in [3.05, 3.63) is 53.8 Å². The first-order chi connectivity index (χ1) is 12.0. The van der Waals surface area contributed by atoms with Crippen molar-refractivity contribution in [3.63, 3.8) is 0 Å². The number of halogens is 1. The highest BCUT2D eigenvalue weighted by atomic mass is 19.1. The molecule has 0 aliphatic rings. The van der Waals surface area contributed by atoms with Crippen LogP contribution in [0.25, 0.3) is 0 Å². The number of anilines is 1. The molecule has 0 bridgehead atoms. The minimum Gasteiger partial charge on any atom is -0.497 e. The standard InChI is InChI=1S/C17H16FN3O4/c1-24-14-8-3-11(15(9-14)25-2)10-19-21-17(23)16(22)20-13-6-4-12(18)5-7-13/h3-10H,1-2H3,(H,20,22)(H,21,23)/b19-10-. The maximum absolute atomic E-state index is 12.8. The number of ether oxygens (including phenoxy) is 2. The fourth-order valence-electron chi connectivity index (χ4n) is 1.86. The molecule has 0 atom stereocenters. The molecule has 0 saturated carbocycles. The van der Waals surface area contributed by atoms with Crippen molar-refractivity contribution in [3.8, 4) is 11.5 Å². The van der Waals surface area contributed by atoms with E-state index in [2.05, 4.69) is 15.8 Å². The van der Waals surface area contributed by atoms with Crippen LogP contribution >= 0.6 is 0 Å². The SMILES string of the molecule is COc1ccc(/C=N\NC(=O)C(=O)Nc2ccc(F)cc2)c(OC)c1. The van der Waals surface area contributed by atoms with Crippen molar-refractivity contribution in [2.24, 2.45) is 5.10 Å². The lowest BCUT2D eigenvalue weighted by Crippen LogP contribution is -2.32. The Morgan fingerprint density at radius 3 is 2.40 bits per heavy atom. The van der Waals surface area contributed by atoms with Gasteiger partial charge in [-0.25, -0.2) is 9.82 Å². The second kappa shape index (κ2) is 8.44. The highest BCUT2D eigenvalue weighted by Gasteiger charge is 2.13. The third-order valence-corrected chi connectivity index (χ3v) is 3.12. The molecule has 2 aromatic carbocycles. The molecule has 0 aliphatic carbocycles. The van der Waals surface area contributed by atoms with Gasteiger partial charge in [-0.1, -0.05) is 0 Å². The van der Waals surface area contributed by atoms with Crippen LogP contribution in [0.1, 0.15) is 5.56 Å². The molecule has 7 nitrogen and oxygen atoms in total. The van der Waals surface area contributed by atoms with E-state index in [0.717, 1.165) is 0 Å². The predicted molar refractivity (Wildman–Crippen MR) is 90.3 cm³/mol. The molecule has 0 saturated heterocycles. The number of carbonyl (C=O) groups is 2. The summed E-state index contributed by atoms with van der Waals surface area (Å²) in [5.41, 5.74) is 2.98. The lowest BCUT2D eigenvalue weighted by Gasteiger charge is -2.07. The van der Waals surface area contributed by atoms with Gasteiger partial charge in [-0.2, -0.15) is 5.10 Å². The number of carbonyl (C=O) groups excluding carboxylic acids is 2. The number of nitrogens with one attached hydrogen (secondary N) is 2. The number of hydrogen-bond donors (Lipinski definition) is 2. The predicted octanol–water partition coefficient (Wildman–Crippen LogP) is 1.93. The lowest BCUT2D eigenvalue weighted by molar-refractivity contribution is -0.136. The monoisotopic (exact) mass is 345 g/mol. The topological polar surface area (TPSA) is 89.0 Å². The number of benzene rings is 2. The third-order valence-electron chi connectivity index (χ3n) is 3.12. The molecule has 0 aromatic heterocycles. The molecule has 0 spiro atoms. The van der Waals surface area contributed by atoms with Gasteiger partial charge in [0.1, 0.15) is 17.3 Å². The van der Waals surface area contributed by atoms with E-state index in [0.29, 0.717) is 22.7 Å². The molecule has 2 amide bonds. The number of nitrogens with zero attached hydrogens (tertiary/aromatic N) is 1. The quantitative estimate of drug-likeness (QED) is 0.492. The molecule has 8 heteroatoms. The van der Waals surface area contributed by atoms with Gasteiger partial charge < -0.3 is 14.8 Å². The van der Waals surface area contributed by atoms with Crippen molar-refractivity contribution in [1.29, 1.82) is 0 Å². The maximum atomic E-state index is 12.8. The van der Waals surface area contributed by atoms with Crippen molar-refractivity contribution in [2.45, 2.75) is 0 Å². The highest BCUT2D eigenvalue weighted by Crippen LogP contribution is 2.22. The van der Waals surface area contributed by atoms with Crippen LogP contribution in [0.4, 0.5) is 10.1 Å². The Morgan fingerprint density at radius 2 is 1.76 bits per heavy atom. The summed E-state index contributed by atoms with van der Waals surface area (Å²) in [6.07, 6.45) is 1.33. The Bertz CT molecular complexity index is 791. The van der Waals surface area contributed by atoms with E-state index in [4.69, 9.17) is 9.47 Å². The molecule has 0 fully saturated rings. The lowest BCUT2D eigenvalue weighted by atomic mass is 10.2. The molecule has 0 unspecified atom stereocenters. The van der Waals surface area contributed by atoms with Gasteiger partial charge in [0.05, 0.1) is 20.4 Å². The van der Waals surface area contributed by atoms with E-state index in [9.17, 15) is 14.0 Å². The van der Waals surface area contributed by atoms with E-state index in [1.807, 2.05) is 0 Å². The largest absolute Gasteiger partial charge is 0.497 e. The number of amides is 2. The fourth-order valence-corrected chi connectivity index (χ4v) is 1.86. The molecule has 130 valence electrons. The molecule has 0 radical (unpaired) electrons. The Morgan fingerprint density at radius 1 is 1.04 bits per heavy atom. The normalized spacial score (nSPS) is 10.4. The summed E-state index contributed by atoms with van der Waals surface area (Å²) < 4.78 is 23.1. The van der Waals surface area contributed by atoms with Gasteiger partial charge in [0.2, 0.25) is 0 Å². The van der Waals surface area contributed by atoms with Crippen molar-refractivity contribution in [1.82, 2.24) is 5.43 Å². The Kier molecular flexibility index (Phi) is 6.05. The van der Waals surface area contributed by atoms with Crippen molar-refractivity contribution in [2.75, 3.05) is 19.5 Å². The maximum Gasteiger partial charge on any atom is 0.329 e. The molecule has 2 rings (SSSR count). The molecule has 2 aromatic rings. The van der Waals surface area contributed by atoms with Gasteiger partial charge in [-0.15, -0.1) is 0 Å². The molecular weight excluding hydrogens is 329 g/mol. The van der Waals surface area contributed by atoms with Gasteiger partial charge in [0.15, 0.2) is 0 Å². The second-order valence-corrected chi connectivity index (χ2v) is 4.77. The zero-order chi connectivity index (χ0) is 18.2. The summed E-state index contributed by atoms with van der Waals surface area (Å²) in [4.78, 5) is 23.4. The van der Waals surface area contributed by atoms with E-state index < -0.39 is 17.6 Å². The smallest absolute Gasteiger partial charge is 0.329 e. The van der Waals surface area contributed by atoms with E-state index in [1.165, 1.54) is 44.7 Å². The summed E-state index contributed by atoms with van der Waals surface area (Å²) in [6.45, 7) is 0. The molecule has 25 heavy (non-hydrogen) atoms. The van der Waals surface area contributed by atoms with E-state index in [-0.39, 0.29) is 0 Å². The number of rotatable bonds is 5. The van der Waals surface area contributed by atoms with E-state index >= 15 is 0 Å². The summed E-state index contributed by atoms with van der Waals surface area (Å²) in [5, 5.41) is 6.04. The second-order valence-electron chi connectivity index (χ2n) is 4.77. The Balaban J connectivity index is 1.95. The first kappa shape index (κ1) is 17.9. The molecule has 0 aliphatic heterocycles. The minimum atomic E-state index is -0.965. The zero-order valence-corrected chi connectivity index (χ0v) is 13.6. The van der Waals surface area contributed by atoms with Gasteiger partial charge in [-0.05, 0) is 36.4 Å². The average molecular weight is 345 g/mol. The first-order valence-electron chi connectivity index (χ1n) is 7.15. The van der Waals surface area contributed by atoms with Crippen molar-refractivity contribution < 1.29 is 23.5 Å². The molecule has 2 N–H and O–H groups in total. The van der Waals surface area contributed by atoms with Gasteiger partial charge in [0, 0.05) is 17.3 Å². The molecular formula is C17H16FN3O4. The van der Waals surface area contributed by atoms with Crippen LogP contribution in [0.3, 0.4) is 0 Å². The number of methoxy groups -OCH3 is 2. The minimum absolute atomic E-state index is 0.294. The Hall–Kier alpha value is -3.42. The summed E-state index contributed by atoms with van der Waals surface area (Å²) in [6, 6.07) is 10.1. The van der Waals surface area contributed by atoms with Crippen molar-refractivity contribution >= 4 is 23.7 Å². The van der Waals surface area contributed by atoms with Gasteiger partial charge in [-0.3, -0.25) is 9.59 Å². The van der Waals surface area contributed by atoms with Crippen LogP contribution in [0.2, 0.25) is 0 Å². The van der Waals surface area contributed by atoms with Crippen LogP contribution in [0.15, 0.2) is 47.6 Å². The fraction of sp³-hybridized carbons (Fsp3) is 0.118. The summed E-state index contributed by atoms with van der Waals surface area (Å²) in [5.74, 6) is -1.23. The molecule has 0 heterocycles. The highest BCUT2D eigenvalue weighted by molar-refractivity contribution is 6.39. The van der Waals surface area contributed by atoms with E-state index in [1.54, 1.807) is 18.2 Å². The Labute approximate surface area is 143 Å².